The maximum Gasteiger partial charge on any atom is 0.251 e. The summed E-state index contributed by atoms with van der Waals surface area (Å²) >= 11 is 0. The van der Waals surface area contributed by atoms with E-state index in [1.807, 2.05) is 23.1 Å². The lowest BCUT2D eigenvalue weighted by molar-refractivity contribution is -0.131. The Morgan fingerprint density at radius 1 is 0.935 bits per heavy atom. The Balaban J connectivity index is 1.37. The summed E-state index contributed by atoms with van der Waals surface area (Å²) in [7, 11) is 1.58. The fraction of sp³-hybridized carbons (Fsp3) is 0.292. The molecule has 0 atom stereocenters. The number of carbonyl (C=O) groups excluding carboxylic acids is 3. The molecule has 1 heterocycles. The largest absolute Gasteiger partial charge is 0.368 e. The van der Waals surface area contributed by atoms with Gasteiger partial charge in [0.15, 0.2) is 0 Å². The molecule has 0 bridgehead atoms. The van der Waals surface area contributed by atoms with Crippen LogP contribution in [0.25, 0.3) is 6.08 Å². The lowest BCUT2D eigenvalue weighted by Crippen LogP contribution is -2.49. The number of anilines is 1. The summed E-state index contributed by atoms with van der Waals surface area (Å²) in [5.41, 5.74) is 2.55. The van der Waals surface area contributed by atoms with E-state index in [0.717, 1.165) is 18.7 Å². The summed E-state index contributed by atoms with van der Waals surface area (Å²) in [6.07, 6.45) is 3.39. The maximum atomic E-state index is 12.4. The van der Waals surface area contributed by atoms with Crippen LogP contribution in [0.5, 0.6) is 0 Å². The van der Waals surface area contributed by atoms with Crippen LogP contribution in [0.15, 0.2) is 60.7 Å². The molecule has 0 spiro atoms. The SMILES string of the molecule is CNC(=O)c1ccc(/C=C/C(=O)NCCC(=O)N2CCN(c3ccccc3)CC2)cc1. The number of carbonyl (C=O) groups is 3. The highest BCUT2D eigenvalue weighted by molar-refractivity contribution is 5.95. The van der Waals surface area contributed by atoms with Gasteiger partial charge >= 0.3 is 0 Å². The highest BCUT2D eigenvalue weighted by atomic mass is 16.2. The molecule has 1 aliphatic heterocycles. The summed E-state index contributed by atoms with van der Waals surface area (Å²) < 4.78 is 0. The van der Waals surface area contributed by atoms with Gasteiger partial charge in [-0.2, -0.15) is 0 Å². The molecule has 1 fully saturated rings. The van der Waals surface area contributed by atoms with Gasteiger partial charge in [-0.05, 0) is 35.9 Å². The molecule has 3 amide bonds. The van der Waals surface area contributed by atoms with Crippen LogP contribution in [-0.4, -0.2) is 62.4 Å². The van der Waals surface area contributed by atoms with Gasteiger partial charge in [0.1, 0.15) is 0 Å². The van der Waals surface area contributed by atoms with Gasteiger partial charge < -0.3 is 20.4 Å². The van der Waals surface area contributed by atoms with Crippen molar-refractivity contribution < 1.29 is 14.4 Å². The smallest absolute Gasteiger partial charge is 0.251 e. The third kappa shape index (κ3) is 6.44. The highest BCUT2D eigenvalue weighted by Gasteiger charge is 2.20. The summed E-state index contributed by atoms with van der Waals surface area (Å²) in [6.45, 7) is 3.30. The predicted molar refractivity (Wildman–Crippen MR) is 122 cm³/mol. The predicted octanol–water partition coefficient (Wildman–Crippen LogP) is 1.91. The number of nitrogens with one attached hydrogen (secondary N) is 2. The van der Waals surface area contributed by atoms with Gasteiger partial charge in [0, 0.05) is 63.5 Å². The first-order valence-electron chi connectivity index (χ1n) is 10.4. The van der Waals surface area contributed by atoms with Crippen molar-refractivity contribution >= 4 is 29.5 Å². The average Bonchev–Trinajstić information content (AvgIpc) is 2.83. The second kappa shape index (κ2) is 11.0. The van der Waals surface area contributed by atoms with E-state index in [9.17, 15) is 14.4 Å². The van der Waals surface area contributed by atoms with E-state index in [1.54, 1.807) is 37.4 Å². The van der Waals surface area contributed by atoms with Crippen molar-refractivity contribution in [3.05, 3.63) is 71.8 Å². The molecule has 2 aromatic carbocycles. The van der Waals surface area contributed by atoms with Crippen molar-refractivity contribution in [1.82, 2.24) is 15.5 Å². The zero-order chi connectivity index (χ0) is 22.1. The number of hydrogen-bond donors (Lipinski definition) is 2. The van der Waals surface area contributed by atoms with E-state index >= 15 is 0 Å². The minimum Gasteiger partial charge on any atom is -0.368 e. The quantitative estimate of drug-likeness (QED) is 0.671. The average molecular weight is 421 g/mol. The summed E-state index contributed by atoms with van der Waals surface area (Å²) in [5, 5.41) is 5.31. The van der Waals surface area contributed by atoms with Crippen LogP contribution in [0, 0.1) is 0 Å². The van der Waals surface area contributed by atoms with E-state index in [0.29, 0.717) is 25.2 Å². The van der Waals surface area contributed by atoms with Crippen molar-refractivity contribution in [1.29, 1.82) is 0 Å². The number of amides is 3. The van der Waals surface area contributed by atoms with Gasteiger partial charge in [-0.25, -0.2) is 0 Å². The fourth-order valence-electron chi connectivity index (χ4n) is 3.42. The first kappa shape index (κ1) is 22.1. The minimum absolute atomic E-state index is 0.0572. The van der Waals surface area contributed by atoms with Crippen LogP contribution < -0.4 is 15.5 Å². The van der Waals surface area contributed by atoms with Crippen LogP contribution in [-0.2, 0) is 9.59 Å². The van der Waals surface area contributed by atoms with Crippen molar-refractivity contribution in [2.75, 3.05) is 44.7 Å². The number of rotatable bonds is 7. The molecule has 1 saturated heterocycles. The monoisotopic (exact) mass is 420 g/mol. The summed E-state index contributed by atoms with van der Waals surface area (Å²) in [4.78, 5) is 40.1. The molecule has 3 rings (SSSR count). The molecular weight excluding hydrogens is 392 g/mol. The minimum atomic E-state index is -0.253. The Morgan fingerprint density at radius 3 is 2.26 bits per heavy atom. The Hall–Kier alpha value is -3.61. The van der Waals surface area contributed by atoms with Gasteiger partial charge in [-0.3, -0.25) is 14.4 Å². The molecule has 2 N–H and O–H groups in total. The number of nitrogens with zero attached hydrogens (tertiary/aromatic N) is 2. The summed E-state index contributed by atoms with van der Waals surface area (Å²) in [6, 6.07) is 17.1. The van der Waals surface area contributed by atoms with Crippen LogP contribution in [0.1, 0.15) is 22.3 Å². The normalized spacial score (nSPS) is 13.8. The number of para-hydroxylation sites is 1. The second-order valence-corrected chi connectivity index (χ2v) is 7.28. The van der Waals surface area contributed by atoms with Crippen LogP contribution in [0.4, 0.5) is 5.69 Å². The van der Waals surface area contributed by atoms with Crippen molar-refractivity contribution in [2.45, 2.75) is 6.42 Å². The number of hydrogen-bond acceptors (Lipinski definition) is 4. The molecule has 0 aliphatic carbocycles. The summed E-state index contributed by atoms with van der Waals surface area (Å²) in [5.74, 6) is -0.349. The van der Waals surface area contributed by atoms with E-state index in [2.05, 4.69) is 27.7 Å². The molecule has 1 aliphatic rings. The lowest BCUT2D eigenvalue weighted by atomic mass is 10.1. The van der Waals surface area contributed by atoms with E-state index in [1.165, 1.54) is 11.8 Å². The van der Waals surface area contributed by atoms with Gasteiger partial charge in [-0.1, -0.05) is 30.3 Å². The molecule has 7 heteroatoms. The standard InChI is InChI=1S/C24H28N4O3/c1-25-24(31)20-10-7-19(8-11-20)9-12-22(29)26-14-13-23(30)28-17-15-27(16-18-28)21-5-3-2-4-6-21/h2-12H,13-18H2,1H3,(H,25,31)(H,26,29)/b12-9+. The molecular formula is C24H28N4O3. The highest BCUT2D eigenvalue weighted by Crippen LogP contribution is 2.15. The van der Waals surface area contributed by atoms with Crippen molar-refractivity contribution in [3.63, 3.8) is 0 Å². The topological polar surface area (TPSA) is 81.8 Å². The zero-order valence-corrected chi connectivity index (χ0v) is 17.7. The third-order valence-corrected chi connectivity index (χ3v) is 5.22. The van der Waals surface area contributed by atoms with Gasteiger partial charge in [0.25, 0.3) is 5.91 Å². The van der Waals surface area contributed by atoms with E-state index < -0.39 is 0 Å². The first-order chi connectivity index (χ1) is 15.1. The van der Waals surface area contributed by atoms with Gasteiger partial charge in [0.2, 0.25) is 11.8 Å². The Bertz CT molecular complexity index is 918. The third-order valence-electron chi connectivity index (χ3n) is 5.22. The van der Waals surface area contributed by atoms with Gasteiger partial charge in [0.05, 0.1) is 0 Å². The van der Waals surface area contributed by atoms with E-state index in [-0.39, 0.29) is 24.1 Å². The van der Waals surface area contributed by atoms with Crippen molar-refractivity contribution in [3.8, 4) is 0 Å². The second-order valence-electron chi connectivity index (χ2n) is 7.28. The molecule has 0 unspecified atom stereocenters. The van der Waals surface area contributed by atoms with Crippen molar-refractivity contribution in [2.24, 2.45) is 0 Å². The lowest BCUT2D eigenvalue weighted by Gasteiger charge is -2.36. The van der Waals surface area contributed by atoms with E-state index in [4.69, 9.17) is 0 Å². The van der Waals surface area contributed by atoms with Crippen LogP contribution in [0.3, 0.4) is 0 Å². The zero-order valence-electron chi connectivity index (χ0n) is 17.7. The maximum absolute atomic E-state index is 12.4. The van der Waals surface area contributed by atoms with Crippen LogP contribution in [0.2, 0.25) is 0 Å². The van der Waals surface area contributed by atoms with Gasteiger partial charge in [-0.15, -0.1) is 0 Å². The molecule has 0 radical (unpaired) electrons. The Morgan fingerprint density at radius 2 is 1.61 bits per heavy atom. The fourth-order valence-corrected chi connectivity index (χ4v) is 3.42. The Kier molecular flexibility index (Phi) is 7.81. The first-order valence-corrected chi connectivity index (χ1v) is 10.4. The molecule has 2 aromatic rings. The number of piperazine rings is 1. The molecule has 0 aromatic heterocycles. The molecule has 7 nitrogen and oxygen atoms in total. The number of benzene rings is 2. The molecule has 31 heavy (non-hydrogen) atoms. The Labute approximate surface area is 182 Å². The molecule has 0 saturated carbocycles. The van der Waals surface area contributed by atoms with Crippen LogP contribution >= 0.6 is 0 Å². The molecule has 162 valence electrons.